The van der Waals surface area contributed by atoms with Gasteiger partial charge < -0.3 is 21.3 Å². The number of rotatable bonds is 9. The number of nitrogen functional groups attached to an aromatic ring is 1. The van der Waals surface area contributed by atoms with Crippen LogP contribution in [0.5, 0.6) is 0 Å². The first-order chi connectivity index (χ1) is 17.3. The van der Waals surface area contributed by atoms with Crippen molar-refractivity contribution in [3.63, 3.8) is 0 Å². The van der Waals surface area contributed by atoms with Crippen LogP contribution in [0.4, 0.5) is 23.2 Å². The van der Waals surface area contributed by atoms with Gasteiger partial charge in [0, 0.05) is 29.5 Å². The largest absolute Gasteiger partial charge is 0.416 e. The molecule has 1 atom stereocenters. The highest BCUT2D eigenvalue weighted by atomic mass is 19.4. The number of allylic oxidation sites excluding steroid dienone is 1. The number of carbonyl (C=O) groups is 2. The van der Waals surface area contributed by atoms with Crippen LogP contribution in [0, 0.1) is 17.1 Å². The molecule has 0 saturated carbocycles. The highest BCUT2D eigenvalue weighted by molar-refractivity contribution is 5.94. The summed E-state index contributed by atoms with van der Waals surface area (Å²) in [6.07, 6.45) is -3.24. The van der Waals surface area contributed by atoms with Gasteiger partial charge in [-0.3, -0.25) is 9.59 Å². The molecule has 0 aliphatic rings. The molecule has 0 fully saturated rings. The summed E-state index contributed by atoms with van der Waals surface area (Å²) in [7, 11) is 0. The molecule has 0 bridgehead atoms. The van der Waals surface area contributed by atoms with Gasteiger partial charge in [0.1, 0.15) is 18.4 Å². The molecule has 2 aromatic carbocycles. The Morgan fingerprint density at radius 3 is 2.38 bits per heavy atom. The minimum Gasteiger partial charge on any atom is -0.399 e. The van der Waals surface area contributed by atoms with Crippen molar-refractivity contribution in [3.05, 3.63) is 70.5 Å². The quantitative estimate of drug-likeness (QED) is 0.340. The van der Waals surface area contributed by atoms with E-state index in [1.807, 2.05) is 13.8 Å². The molecular formula is C26H29F4N5O2. The molecule has 2 amide bonds. The van der Waals surface area contributed by atoms with Crippen LogP contribution in [0.2, 0.25) is 0 Å². The molecule has 1 unspecified atom stereocenters. The molecule has 0 aliphatic carbocycles. The van der Waals surface area contributed by atoms with Crippen molar-refractivity contribution in [2.75, 3.05) is 12.3 Å². The van der Waals surface area contributed by atoms with Gasteiger partial charge in [0.05, 0.1) is 17.2 Å². The summed E-state index contributed by atoms with van der Waals surface area (Å²) in [5, 5.41) is 14.4. The number of nitrogens with zero attached hydrogens (tertiary/aromatic N) is 2. The van der Waals surface area contributed by atoms with Crippen LogP contribution in [0.3, 0.4) is 0 Å². The van der Waals surface area contributed by atoms with Gasteiger partial charge in [-0.25, -0.2) is 4.39 Å². The number of nitrogens with two attached hydrogens (primary N) is 1. The summed E-state index contributed by atoms with van der Waals surface area (Å²) in [4.78, 5) is 27.3. The zero-order valence-electron chi connectivity index (χ0n) is 20.9. The number of amides is 2. The summed E-state index contributed by atoms with van der Waals surface area (Å²) in [5.41, 5.74) is 4.90. The second-order valence-electron chi connectivity index (χ2n) is 8.69. The van der Waals surface area contributed by atoms with E-state index in [-0.39, 0.29) is 35.1 Å². The number of benzene rings is 2. The Balaban J connectivity index is 2.37. The molecule has 0 aromatic heterocycles. The number of nitriles is 1. The number of halogens is 4. The van der Waals surface area contributed by atoms with Gasteiger partial charge in [-0.1, -0.05) is 26.0 Å². The van der Waals surface area contributed by atoms with Gasteiger partial charge in [-0.15, -0.1) is 0 Å². The summed E-state index contributed by atoms with van der Waals surface area (Å²) < 4.78 is 54.1. The van der Waals surface area contributed by atoms with Crippen LogP contribution in [-0.4, -0.2) is 35.3 Å². The highest BCUT2D eigenvalue weighted by Gasteiger charge is 2.33. The van der Waals surface area contributed by atoms with E-state index < -0.39 is 42.0 Å². The summed E-state index contributed by atoms with van der Waals surface area (Å²) >= 11 is 0. The molecule has 7 nitrogen and oxygen atoms in total. The summed E-state index contributed by atoms with van der Waals surface area (Å²) in [5.74, 6) is -1.91. The standard InChI is InChI=1S/C26H29F4N5O2/c1-5-23(19-9-20(26(28,29)30)11-21(32)10-19)35(25(37)16(4)34-15(2)3)14-24(36)33-13-17-6-7-18(12-31)22(27)8-17/h5-11,15-16,34H,13-14,32H2,1-4H3,(H,33,36)/b23-5-. The third-order valence-electron chi connectivity index (χ3n) is 5.31. The number of alkyl halides is 3. The lowest BCUT2D eigenvalue weighted by Crippen LogP contribution is -2.49. The lowest BCUT2D eigenvalue weighted by atomic mass is 10.0. The van der Waals surface area contributed by atoms with Crippen molar-refractivity contribution in [2.45, 2.75) is 52.5 Å². The third kappa shape index (κ3) is 8.05. The zero-order valence-corrected chi connectivity index (χ0v) is 20.9. The number of anilines is 1. The Hall–Kier alpha value is -3.91. The number of carbonyl (C=O) groups excluding carboxylic acids is 2. The molecular weight excluding hydrogens is 490 g/mol. The fourth-order valence-electron chi connectivity index (χ4n) is 3.69. The second-order valence-corrected chi connectivity index (χ2v) is 8.69. The smallest absolute Gasteiger partial charge is 0.399 e. The van der Waals surface area contributed by atoms with Crippen molar-refractivity contribution in [1.29, 1.82) is 5.26 Å². The maximum Gasteiger partial charge on any atom is 0.416 e. The Labute approximate surface area is 212 Å². The van der Waals surface area contributed by atoms with Gasteiger partial charge in [0.15, 0.2) is 0 Å². The highest BCUT2D eigenvalue weighted by Crippen LogP contribution is 2.34. The summed E-state index contributed by atoms with van der Waals surface area (Å²) in [6, 6.07) is 7.66. The van der Waals surface area contributed by atoms with E-state index in [0.717, 1.165) is 23.1 Å². The van der Waals surface area contributed by atoms with Crippen LogP contribution in [0.15, 0.2) is 42.5 Å². The van der Waals surface area contributed by atoms with Crippen LogP contribution >= 0.6 is 0 Å². The van der Waals surface area contributed by atoms with E-state index >= 15 is 0 Å². The van der Waals surface area contributed by atoms with E-state index in [1.54, 1.807) is 13.0 Å². The lowest BCUT2D eigenvalue weighted by molar-refractivity contribution is -0.137. The van der Waals surface area contributed by atoms with E-state index in [9.17, 15) is 27.2 Å². The normalized spacial score (nSPS) is 12.7. The molecule has 37 heavy (non-hydrogen) atoms. The lowest BCUT2D eigenvalue weighted by Gasteiger charge is -2.29. The maximum atomic E-state index is 13.9. The van der Waals surface area contributed by atoms with Crippen molar-refractivity contribution >= 4 is 23.2 Å². The van der Waals surface area contributed by atoms with E-state index in [2.05, 4.69) is 10.6 Å². The van der Waals surface area contributed by atoms with Crippen molar-refractivity contribution in [2.24, 2.45) is 0 Å². The van der Waals surface area contributed by atoms with E-state index in [0.29, 0.717) is 5.56 Å². The first-order valence-corrected chi connectivity index (χ1v) is 11.4. The Kier molecular flexibility index (Phi) is 9.80. The van der Waals surface area contributed by atoms with Crippen molar-refractivity contribution in [1.82, 2.24) is 15.5 Å². The molecule has 4 N–H and O–H groups in total. The number of hydrogen-bond donors (Lipinski definition) is 3. The Morgan fingerprint density at radius 2 is 1.84 bits per heavy atom. The average Bonchev–Trinajstić information content (AvgIpc) is 2.81. The number of hydrogen-bond acceptors (Lipinski definition) is 5. The minimum absolute atomic E-state index is 0.0156. The maximum absolute atomic E-state index is 13.9. The van der Waals surface area contributed by atoms with Gasteiger partial charge >= 0.3 is 6.18 Å². The molecule has 11 heteroatoms. The second kappa shape index (κ2) is 12.4. The van der Waals surface area contributed by atoms with Crippen molar-refractivity contribution < 1.29 is 27.2 Å². The predicted octanol–water partition coefficient (Wildman–Crippen LogP) is 4.19. The SMILES string of the molecule is C/C=C(/c1cc(N)cc(C(F)(F)F)c1)N(CC(=O)NCc1ccc(C#N)c(F)c1)C(=O)C(C)NC(C)C. The van der Waals surface area contributed by atoms with E-state index in [4.69, 9.17) is 11.0 Å². The molecule has 0 heterocycles. The third-order valence-corrected chi connectivity index (χ3v) is 5.31. The topological polar surface area (TPSA) is 111 Å². The van der Waals surface area contributed by atoms with Gasteiger partial charge in [0.25, 0.3) is 0 Å². The molecule has 0 saturated heterocycles. The molecule has 0 aliphatic heterocycles. The van der Waals surface area contributed by atoms with Crippen LogP contribution in [-0.2, 0) is 22.3 Å². The number of nitrogens with one attached hydrogen (secondary N) is 2. The summed E-state index contributed by atoms with van der Waals surface area (Å²) in [6.45, 7) is 6.15. The van der Waals surface area contributed by atoms with Crippen LogP contribution < -0.4 is 16.4 Å². The first kappa shape index (κ1) is 29.3. The molecule has 0 radical (unpaired) electrons. The van der Waals surface area contributed by atoms with Gasteiger partial charge in [-0.05, 0) is 49.7 Å². The molecule has 2 aromatic rings. The average molecular weight is 520 g/mol. The molecule has 0 spiro atoms. The first-order valence-electron chi connectivity index (χ1n) is 11.4. The Morgan fingerprint density at radius 1 is 1.16 bits per heavy atom. The fraction of sp³-hybridized carbons (Fsp3) is 0.346. The zero-order chi connectivity index (χ0) is 27.9. The van der Waals surface area contributed by atoms with E-state index in [1.165, 1.54) is 31.2 Å². The minimum atomic E-state index is -4.67. The molecule has 2 rings (SSSR count). The van der Waals surface area contributed by atoms with Crippen LogP contribution in [0.25, 0.3) is 5.70 Å². The predicted molar refractivity (Wildman–Crippen MR) is 132 cm³/mol. The van der Waals surface area contributed by atoms with Gasteiger partial charge in [-0.2, -0.15) is 18.4 Å². The van der Waals surface area contributed by atoms with Crippen LogP contribution in [0.1, 0.15) is 49.9 Å². The Bertz CT molecular complexity index is 1220. The molecule has 198 valence electrons. The van der Waals surface area contributed by atoms with Crippen molar-refractivity contribution in [3.8, 4) is 6.07 Å². The fourth-order valence-corrected chi connectivity index (χ4v) is 3.69. The van der Waals surface area contributed by atoms with Gasteiger partial charge in [0.2, 0.25) is 11.8 Å². The monoisotopic (exact) mass is 519 g/mol.